The van der Waals surface area contributed by atoms with E-state index in [0.29, 0.717) is 27.7 Å². The van der Waals surface area contributed by atoms with E-state index in [9.17, 15) is 14.7 Å². The molecule has 0 saturated heterocycles. The molecule has 0 spiro atoms. The number of nitrogens with zero attached hydrogens (tertiary/aromatic N) is 2. The van der Waals surface area contributed by atoms with Gasteiger partial charge in [-0.1, -0.05) is 23.7 Å². The molecule has 8 heteroatoms. The molecule has 3 N–H and O–H groups in total. The minimum Gasteiger partial charge on any atom is -0.477 e. The molecule has 0 bridgehead atoms. The Hall–Kier alpha value is -2.38. The second-order valence-corrected chi connectivity index (χ2v) is 6.49. The van der Waals surface area contributed by atoms with E-state index in [2.05, 4.69) is 4.98 Å². The molecule has 6 nitrogen and oxygen atoms in total. The number of carbonyl (C=O) groups is 1. The van der Waals surface area contributed by atoms with E-state index >= 15 is 0 Å². The standard InChI is InChI=1S/C15H12ClN3O3S/c1-7-11-13(23-12(7)15(21)22)18-10(19(17)14(11)20)6-8-3-2-4-9(16)5-8/h2-5H,6,17H2,1H3,(H,21,22). The van der Waals surface area contributed by atoms with Gasteiger partial charge >= 0.3 is 5.97 Å². The highest BCUT2D eigenvalue weighted by atomic mass is 35.5. The SMILES string of the molecule is Cc1c(C(=O)O)sc2nc(Cc3cccc(Cl)c3)n(N)c(=O)c12. The zero-order chi connectivity index (χ0) is 16.7. The lowest BCUT2D eigenvalue weighted by Crippen LogP contribution is -2.31. The smallest absolute Gasteiger partial charge is 0.346 e. The van der Waals surface area contributed by atoms with Gasteiger partial charge in [-0.05, 0) is 30.2 Å². The van der Waals surface area contributed by atoms with E-state index in [1.807, 2.05) is 6.07 Å². The third-order valence-electron chi connectivity index (χ3n) is 3.52. The van der Waals surface area contributed by atoms with E-state index < -0.39 is 11.5 Å². The molecule has 0 saturated carbocycles. The van der Waals surface area contributed by atoms with Gasteiger partial charge in [0.25, 0.3) is 5.56 Å². The van der Waals surface area contributed by atoms with Crippen molar-refractivity contribution in [2.75, 3.05) is 5.84 Å². The minimum absolute atomic E-state index is 0.101. The molecule has 0 fully saturated rings. The van der Waals surface area contributed by atoms with Gasteiger partial charge in [0.15, 0.2) is 0 Å². The molecule has 23 heavy (non-hydrogen) atoms. The Balaban J connectivity index is 2.17. The average Bonchev–Trinajstić information content (AvgIpc) is 2.81. The van der Waals surface area contributed by atoms with Gasteiger partial charge in [0, 0.05) is 11.4 Å². The van der Waals surface area contributed by atoms with Crippen LogP contribution in [0.2, 0.25) is 5.02 Å². The Labute approximate surface area is 139 Å². The molecule has 118 valence electrons. The summed E-state index contributed by atoms with van der Waals surface area (Å²) < 4.78 is 0.967. The number of aromatic carboxylic acids is 1. The Kier molecular flexibility index (Phi) is 3.83. The van der Waals surface area contributed by atoms with E-state index in [1.165, 1.54) is 0 Å². The van der Waals surface area contributed by atoms with Crippen molar-refractivity contribution in [3.05, 3.63) is 61.5 Å². The first-order valence-electron chi connectivity index (χ1n) is 6.66. The fourth-order valence-corrected chi connectivity index (χ4v) is 3.64. The quantitative estimate of drug-likeness (QED) is 0.707. The number of hydrogen-bond acceptors (Lipinski definition) is 5. The number of hydrogen-bond donors (Lipinski definition) is 2. The summed E-state index contributed by atoms with van der Waals surface area (Å²) in [6, 6.07) is 7.16. The van der Waals surface area contributed by atoms with E-state index in [-0.39, 0.29) is 10.3 Å². The summed E-state index contributed by atoms with van der Waals surface area (Å²) in [7, 11) is 0. The van der Waals surface area contributed by atoms with Crippen LogP contribution in [0.1, 0.15) is 26.6 Å². The van der Waals surface area contributed by atoms with Crippen LogP contribution in [0.25, 0.3) is 10.2 Å². The first kappa shape index (κ1) is 15.5. The van der Waals surface area contributed by atoms with E-state index in [0.717, 1.165) is 21.6 Å². The van der Waals surface area contributed by atoms with Crippen LogP contribution in [0.5, 0.6) is 0 Å². The second-order valence-electron chi connectivity index (χ2n) is 5.05. The van der Waals surface area contributed by atoms with Crippen molar-refractivity contribution >= 4 is 39.1 Å². The summed E-state index contributed by atoms with van der Waals surface area (Å²) in [4.78, 5) is 28.5. The number of halogens is 1. The lowest BCUT2D eigenvalue weighted by atomic mass is 10.1. The van der Waals surface area contributed by atoms with Gasteiger partial charge in [-0.3, -0.25) is 4.79 Å². The van der Waals surface area contributed by atoms with Crippen LogP contribution in [0.3, 0.4) is 0 Å². The summed E-state index contributed by atoms with van der Waals surface area (Å²) in [6.07, 6.45) is 0.321. The molecule has 0 aliphatic rings. The number of benzene rings is 1. The van der Waals surface area contributed by atoms with Crippen LogP contribution in [-0.2, 0) is 6.42 Å². The van der Waals surface area contributed by atoms with Gasteiger partial charge in [0.2, 0.25) is 0 Å². The molecule has 2 aromatic heterocycles. The maximum absolute atomic E-state index is 12.4. The third-order valence-corrected chi connectivity index (χ3v) is 4.92. The molecule has 0 aliphatic carbocycles. The van der Waals surface area contributed by atoms with Crippen molar-refractivity contribution in [1.29, 1.82) is 0 Å². The Morgan fingerprint density at radius 1 is 1.48 bits per heavy atom. The van der Waals surface area contributed by atoms with E-state index in [1.54, 1.807) is 25.1 Å². The highest BCUT2D eigenvalue weighted by Gasteiger charge is 2.20. The normalized spacial score (nSPS) is 11.0. The molecule has 0 unspecified atom stereocenters. The van der Waals surface area contributed by atoms with Crippen LogP contribution in [0, 0.1) is 6.92 Å². The molecule has 0 amide bonds. The Bertz CT molecular complexity index is 994. The number of carboxylic acids is 1. The number of rotatable bonds is 3. The maximum atomic E-state index is 12.4. The zero-order valence-electron chi connectivity index (χ0n) is 12.0. The van der Waals surface area contributed by atoms with Crippen LogP contribution in [0.15, 0.2) is 29.1 Å². The lowest BCUT2D eigenvalue weighted by Gasteiger charge is -2.07. The summed E-state index contributed by atoms with van der Waals surface area (Å²) in [5.74, 6) is 5.13. The topological polar surface area (TPSA) is 98.2 Å². The molecule has 3 rings (SSSR count). The summed E-state index contributed by atoms with van der Waals surface area (Å²) in [5, 5.41) is 10.0. The number of fused-ring (bicyclic) bond motifs is 1. The van der Waals surface area contributed by atoms with Crippen molar-refractivity contribution in [3.63, 3.8) is 0 Å². The van der Waals surface area contributed by atoms with Crippen molar-refractivity contribution in [1.82, 2.24) is 9.66 Å². The molecule has 3 aromatic rings. The Morgan fingerprint density at radius 3 is 2.87 bits per heavy atom. The Morgan fingerprint density at radius 2 is 2.22 bits per heavy atom. The number of carboxylic acid groups (broad SMARTS) is 1. The average molecular weight is 350 g/mol. The van der Waals surface area contributed by atoms with E-state index in [4.69, 9.17) is 17.4 Å². The molecule has 0 aliphatic heterocycles. The predicted molar refractivity (Wildman–Crippen MR) is 90.0 cm³/mol. The fourth-order valence-electron chi connectivity index (χ4n) is 2.40. The van der Waals surface area contributed by atoms with Crippen LogP contribution in [-0.4, -0.2) is 20.7 Å². The minimum atomic E-state index is -1.08. The summed E-state index contributed by atoms with van der Waals surface area (Å²) >= 11 is 6.93. The number of aromatic nitrogens is 2. The van der Waals surface area contributed by atoms with Gasteiger partial charge in [-0.2, -0.15) is 0 Å². The summed E-state index contributed by atoms with van der Waals surface area (Å²) in [5.41, 5.74) is 0.798. The van der Waals surface area contributed by atoms with Crippen LogP contribution >= 0.6 is 22.9 Å². The first-order valence-corrected chi connectivity index (χ1v) is 7.85. The summed E-state index contributed by atoms with van der Waals surface area (Å²) in [6.45, 7) is 1.59. The fraction of sp³-hybridized carbons (Fsp3) is 0.133. The lowest BCUT2D eigenvalue weighted by molar-refractivity contribution is 0.0701. The van der Waals surface area contributed by atoms with Gasteiger partial charge in [0.1, 0.15) is 15.5 Å². The molecule has 2 heterocycles. The third kappa shape index (κ3) is 2.69. The van der Waals surface area contributed by atoms with Crippen LogP contribution < -0.4 is 11.4 Å². The van der Waals surface area contributed by atoms with Crippen molar-refractivity contribution in [3.8, 4) is 0 Å². The van der Waals surface area contributed by atoms with Crippen molar-refractivity contribution in [2.45, 2.75) is 13.3 Å². The van der Waals surface area contributed by atoms with Crippen molar-refractivity contribution in [2.24, 2.45) is 0 Å². The van der Waals surface area contributed by atoms with Crippen molar-refractivity contribution < 1.29 is 9.90 Å². The monoisotopic (exact) mass is 349 g/mol. The largest absolute Gasteiger partial charge is 0.477 e. The van der Waals surface area contributed by atoms with Crippen LogP contribution in [0.4, 0.5) is 0 Å². The maximum Gasteiger partial charge on any atom is 0.346 e. The second kappa shape index (κ2) is 5.68. The zero-order valence-corrected chi connectivity index (χ0v) is 13.6. The first-order chi connectivity index (χ1) is 10.9. The number of nitrogens with two attached hydrogens (primary N) is 1. The van der Waals surface area contributed by atoms with Gasteiger partial charge in [0.05, 0.1) is 5.39 Å². The number of thiophene rings is 1. The molecule has 0 atom stereocenters. The predicted octanol–water partition coefficient (Wildman–Crippen LogP) is 2.42. The molecule has 1 aromatic carbocycles. The molecular formula is C15H12ClN3O3S. The number of nitrogen functional groups attached to an aromatic ring is 1. The van der Waals surface area contributed by atoms with Gasteiger partial charge < -0.3 is 10.9 Å². The highest BCUT2D eigenvalue weighted by Crippen LogP contribution is 2.27. The highest BCUT2D eigenvalue weighted by molar-refractivity contribution is 7.20. The number of aryl methyl sites for hydroxylation is 1. The van der Waals surface area contributed by atoms with Gasteiger partial charge in [-0.15, -0.1) is 11.3 Å². The van der Waals surface area contributed by atoms with Gasteiger partial charge in [-0.25, -0.2) is 14.5 Å². The molecule has 0 radical (unpaired) electrons. The molecular weight excluding hydrogens is 338 g/mol.